The highest BCUT2D eigenvalue weighted by atomic mass is 31.2. The first-order valence-electron chi connectivity index (χ1n) is 34.8. The van der Waals surface area contributed by atoms with Crippen molar-refractivity contribution < 1.29 is 37.3 Å². The van der Waals surface area contributed by atoms with Crippen LogP contribution in [0.2, 0.25) is 0 Å². The molecule has 3 atom stereocenters. The summed E-state index contributed by atoms with van der Waals surface area (Å²) in [5.74, 6) is -0.518. The molecule has 1 amide bonds. The molecule has 0 heterocycles. The van der Waals surface area contributed by atoms with Crippen molar-refractivity contribution in [2.45, 2.75) is 360 Å². The largest absolute Gasteiger partial charge is 0.472 e. The lowest BCUT2D eigenvalue weighted by molar-refractivity contribution is -0.870. The Morgan fingerprint density at radius 3 is 1.11 bits per heavy atom. The lowest BCUT2D eigenvalue weighted by Gasteiger charge is -2.27. The van der Waals surface area contributed by atoms with E-state index in [0.29, 0.717) is 30.3 Å². The number of carbonyl (C=O) groups excluding carboxylic acids is 2. The minimum atomic E-state index is -4.46. The molecule has 10 heteroatoms. The molecule has 0 aromatic carbocycles. The number of ether oxygens (including phenoxy) is 1. The van der Waals surface area contributed by atoms with E-state index in [1.54, 1.807) is 0 Å². The predicted molar refractivity (Wildman–Crippen MR) is 346 cm³/mol. The van der Waals surface area contributed by atoms with Crippen LogP contribution in [0.25, 0.3) is 0 Å². The number of nitrogens with zero attached hydrogens (tertiary/aromatic N) is 1. The Hall–Kier alpha value is -1.77. The quantitative estimate of drug-likeness (QED) is 0.0156. The van der Waals surface area contributed by atoms with Crippen molar-refractivity contribution in [2.24, 2.45) is 0 Å². The van der Waals surface area contributed by atoms with Crippen molar-refractivity contribution >= 4 is 19.7 Å². The number of esters is 1. The van der Waals surface area contributed by atoms with Gasteiger partial charge in [-0.3, -0.25) is 18.6 Å². The third-order valence-electron chi connectivity index (χ3n) is 15.9. The molecule has 0 aromatic heterocycles. The number of likely N-dealkylation sites (N-methyl/N-ethyl adjacent to an activating group) is 1. The van der Waals surface area contributed by atoms with Crippen LogP contribution in [-0.4, -0.2) is 74.3 Å². The Labute approximate surface area is 497 Å². The smallest absolute Gasteiger partial charge is 0.456 e. The molecule has 80 heavy (non-hydrogen) atoms. The van der Waals surface area contributed by atoms with Gasteiger partial charge in [0.05, 0.1) is 33.8 Å². The topological polar surface area (TPSA) is 111 Å². The molecule has 0 aliphatic heterocycles. The summed E-state index contributed by atoms with van der Waals surface area (Å²) in [4.78, 5) is 37.8. The van der Waals surface area contributed by atoms with Crippen molar-refractivity contribution in [3.05, 3.63) is 36.5 Å². The van der Waals surface area contributed by atoms with E-state index in [9.17, 15) is 19.0 Å². The SMILES string of the molecule is CCCCCCCCC/C=C/C=C/CCCCCC(=O)NC(COP(=O)(O)OCC[N+](C)(C)C)C(/C=C\CCCCCCCCCCCCC)OC(=O)CCCCCCCCCCCCCCCCCCCCCCCCCCC. The molecular formula is C70H136N2O7P+. The Balaban J connectivity index is 5.09. The van der Waals surface area contributed by atoms with Gasteiger partial charge in [0.25, 0.3) is 0 Å². The van der Waals surface area contributed by atoms with Crippen LogP contribution in [0.5, 0.6) is 0 Å². The fourth-order valence-corrected chi connectivity index (χ4v) is 11.2. The van der Waals surface area contributed by atoms with Gasteiger partial charge in [-0.15, -0.1) is 0 Å². The maximum atomic E-state index is 13.6. The number of carbonyl (C=O) groups is 2. The maximum absolute atomic E-state index is 13.6. The summed E-state index contributed by atoms with van der Waals surface area (Å²) in [6, 6.07) is -0.859. The molecular weight excluding hydrogens is 1010 g/mol. The molecule has 0 aromatic rings. The Morgan fingerprint density at radius 2 is 0.750 bits per heavy atom. The van der Waals surface area contributed by atoms with Crippen LogP contribution in [0.4, 0.5) is 0 Å². The van der Waals surface area contributed by atoms with E-state index >= 15 is 0 Å². The molecule has 0 aliphatic carbocycles. The second kappa shape index (κ2) is 60.4. The highest BCUT2D eigenvalue weighted by Crippen LogP contribution is 2.43. The first-order chi connectivity index (χ1) is 38.9. The predicted octanol–water partition coefficient (Wildman–Crippen LogP) is 21.8. The minimum absolute atomic E-state index is 0.0376. The van der Waals surface area contributed by atoms with Crippen molar-refractivity contribution in [1.29, 1.82) is 0 Å². The van der Waals surface area contributed by atoms with E-state index in [1.807, 2.05) is 33.3 Å². The fraction of sp³-hybridized carbons (Fsp3) is 0.886. The lowest BCUT2D eigenvalue weighted by Crippen LogP contribution is -2.47. The number of phosphoric ester groups is 1. The van der Waals surface area contributed by atoms with E-state index in [-0.39, 0.29) is 25.1 Å². The van der Waals surface area contributed by atoms with Crippen molar-refractivity contribution in [2.75, 3.05) is 40.9 Å². The van der Waals surface area contributed by atoms with Gasteiger partial charge in [0, 0.05) is 12.8 Å². The summed E-state index contributed by atoms with van der Waals surface area (Å²) in [7, 11) is 1.49. The second-order valence-electron chi connectivity index (χ2n) is 25.1. The zero-order chi connectivity index (χ0) is 58.6. The number of nitrogens with one attached hydrogen (secondary N) is 1. The third-order valence-corrected chi connectivity index (χ3v) is 16.8. The number of hydrogen-bond acceptors (Lipinski definition) is 6. The molecule has 0 saturated heterocycles. The highest BCUT2D eigenvalue weighted by molar-refractivity contribution is 7.47. The molecule has 0 rings (SSSR count). The minimum Gasteiger partial charge on any atom is -0.456 e. The summed E-state index contributed by atoms with van der Waals surface area (Å²) in [5.41, 5.74) is 0. The summed E-state index contributed by atoms with van der Waals surface area (Å²) in [6.07, 6.45) is 74.5. The van der Waals surface area contributed by atoms with E-state index in [2.05, 4.69) is 50.4 Å². The van der Waals surface area contributed by atoms with Gasteiger partial charge >= 0.3 is 13.8 Å². The van der Waals surface area contributed by atoms with Crippen LogP contribution in [0.3, 0.4) is 0 Å². The summed E-state index contributed by atoms with van der Waals surface area (Å²) in [5, 5.41) is 3.05. The average Bonchev–Trinajstić information content (AvgIpc) is 3.42. The van der Waals surface area contributed by atoms with Gasteiger partial charge in [-0.25, -0.2) is 4.57 Å². The van der Waals surface area contributed by atoms with E-state index in [0.717, 1.165) is 64.2 Å². The number of phosphoric acid groups is 1. The standard InChI is InChI=1S/C70H135N2O7P/c1-7-10-13-16-19-22-25-28-30-32-33-34-35-36-37-38-39-40-42-45-48-51-54-57-60-63-70(74)79-68(61-58-55-52-49-46-43-27-24-21-18-15-12-9-3)67(66-78-80(75,76)77-65-64-72(4,5)6)71-69(73)62-59-56-53-50-47-44-41-31-29-26-23-20-17-14-11-8-2/h31,41,44,47,58,61,67-68H,7-30,32-40,42-43,45-46,48-57,59-60,62-66H2,1-6H3,(H-,71,73,75,76)/p+1/b41-31+,47-44+,61-58-. The molecule has 2 N–H and O–H groups in total. The molecule has 0 bridgehead atoms. The molecule has 0 saturated carbocycles. The van der Waals surface area contributed by atoms with Gasteiger partial charge in [-0.1, -0.05) is 314 Å². The highest BCUT2D eigenvalue weighted by Gasteiger charge is 2.30. The van der Waals surface area contributed by atoms with E-state index in [4.69, 9.17) is 13.8 Å². The number of allylic oxidation sites excluding steroid dienone is 5. The van der Waals surface area contributed by atoms with Crippen LogP contribution in [0.1, 0.15) is 348 Å². The van der Waals surface area contributed by atoms with Crippen LogP contribution in [-0.2, 0) is 27.9 Å². The van der Waals surface area contributed by atoms with Crippen LogP contribution in [0, 0.1) is 0 Å². The molecule has 0 spiro atoms. The third kappa shape index (κ3) is 60.8. The maximum Gasteiger partial charge on any atom is 0.472 e. The summed E-state index contributed by atoms with van der Waals surface area (Å²) >= 11 is 0. The van der Waals surface area contributed by atoms with E-state index < -0.39 is 20.0 Å². The normalized spacial score (nSPS) is 13.7. The zero-order valence-corrected chi connectivity index (χ0v) is 55.0. The van der Waals surface area contributed by atoms with Gasteiger partial charge < -0.3 is 19.4 Å². The number of quaternary nitrogens is 1. The number of unbranched alkanes of at least 4 members (excludes halogenated alkanes) is 45. The first-order valence-corrected chi connectivity index (χ1v) is 36.3. The first kappa shape index (κ1) is 78.2. The van der Waals surface area contributed by atoms with Crippen LogP contribution >= 0.6 is 7.82 Å². The molecule has 472 valence electrons. The zero-order valence-electron chi connectivity index (χ0n) is 54.1. The number of hydrogen-bond donors (Lipinski definition) is 2. The monoisotopic (exact) mass is 1150 g/mol. The van der Waals surface area contributed by atoms with Gasteiger partial charge in [-0.05, 0) is 57.4 Å². The lowest BCUT2D eigenvalue weighted by atomic mass is 10.0. The van der Waals surface area contributed by atoms with Gasteiger partial charge in [0.15, 0.2) is 0 Å². The van der Waals surface area contributed by atoms with Crippen LogP contribution in [0.15, 0.2) is 36.5 Å². The summed E-state index contributed by atoms with van der Waals surface area (Å²) < 4.78 is 30.8. The molecule has 0 fully saturated rings. The molecule has 0 aliphatic rings. The van der Waals surface area contributed by atoms with Crippen molar-refractivity contribution in [3.8, 4) is 0 Å². The summed E-state index contributed by atoms with van der Waals surface area (Å²) in [6.45, 7) is 7.04. The molecule has 3 unspecified atom stereocenters. The van der Waals surface area contributed by atoms with Gasteiger partial charge in [-0.2, -0.15) is 0 Å². The van der Waals surface area contributed by atoms with E-state index in [1.165, 1.54) is 244 Å². The molecule has 9 nitrogen and oxygen atoms in total. The average molecular weight is 1150 g/mol. The Bertz CT molecular complexity index is 1460. The second-order valence-corrected chi connectivity index (χ2v) is 26.5. The van der Waals surface area contributed by atoms with Crippen molar-refractivity contribution in [1.82, 2.24) is 5.32 Å². The van der Waals surface area contributed by atoms with Gasteiger partial charge in [0.1, 0.15) is 19.3 Å². The number of rotatable bonds is 64. The van der Waals surface area contributed by atoms with Crippen molar-refractivity contribution in [3.63, 3.8) is 0 Å². The van der Waals surface area contributed by atoms with Crippen LogP contribution < -0.4 is 5.32 Å². The fourth-order valence-electron chi connectivity index (χ4n) is 10.5. The number of amides is 1. The Morgan fingerprint density at radius 1 is 0.438 bits per heavy atom. The Kier molecular flexibility index (Phi) is 59.0. The van der Waals surface area contributed by atoms with Gasteiger partial charge in [0.2, 0.25) is 5.91 Å². The molecule has 0 radical (unpaired) electrons.